The summed E-state index contributed by atoms with van der Waals surface area (Å²) in [7, 11) is 0. The maximum absolute atomic E-state index is 13.5. The number of aryl methyl sites for hydroxylation is 1. The standard InChI is InChI=1S/C23H22N4O3S/c1-15-6-8-16(9-7-15)27-22(29)21-20(17-4-2-3-5-18(17)24-21)25-23(27)31-14-19(28)26-10-12-30-13-11-26/h2-9,24H,10-14H2,1H3. The molecule has 0 unspecified atom stereocenters. The molecule has 158 valence electrons. The minimum Gasteiger partial charge on any atom is -0.378 e. The molecular formula is C23H22N4O3S. The summed E-state index contributed by atoms with van der Waals surface area (Å²) in [4.78, 5) is 36.1. The number of fused-ring (bicyclic) bond motifs is 3. The van der Waals surface area contributed by atoms with Crippen LogP contribution in [0, 0.1) is 6.92 Å². The third-order valence-corrected chi connectivity index (χ3v) is 6.40. The molecule has 1 aliphatic rings. The highest BCUT2D eigenvalue weighted by atomic mass is 32.2. The van der Waals surface area contributed by atoms with Crippen LogP contribution in [0.3, 0.4) is 0 Å². The van der Waals surface area contributed by atoms with Gasteiger partial charge in [-0.05, 0) is 25.1 Å². The van der Waals surface area contributed by atoms with Gasteiger partial charge in [-0.3, -0.25) is 14.2 Å². The second-order valence-corrected chi connectivity index (χ2v) is 8.49. The highest BCUT2D eigenvalue weighted by Crippen LogP contribution is 2.26. The fourth-order valence-corrected chi connectivity index (χ4v) is 4.70. The predicted octanol–water partition coefficient (Wildman–Crippen LogP) is 3.13. The van der Waals surface area contributed by atoms with Crippen molar-refractivity contribution in [2.24, 2.45) is 0 Å². The topological polar surface area (TPSA) is 80.2 Å². The Balaban J connectivity index is 1.60. The van der Waals surface area contributed by atoms with Crippen molar-refractivity contribution in [1.82, 2.24) is 19.4 Å². The maximum Gasteiger partial charge on any atom is 0.283 e. The summed E-state index contributed by atoms with van der Waals surface area (Å²) in [5, 5.41) is 1.40. The number of hydrogen-bond donors (Lipinski definition) is 1. The molecule has 1 amide bonds. The fraction of sp³-hybridized carbons (Fsp3) is 0.261. The molecule has 4 aromatic rings. The van der Waals surface area contributed by atoms with Crippen molar-refractivity contribution in [3.8, 4) is 5.69 Å². The van der Waals surface area contributed by atoms with Crippen molar-refractivity contribution in [2.45, 2.75) is 12.1 Å². The van der Waals surface area contributed by atoms with Crippen LogP contribution in [0.15, 0.2) is 58.5 Å². The van der Waals surface area contributed by atoms with E-state index in [1.165, 1.54) is 11.8 Å². The molecule has 2 aromatic heterocycles. The zero-order chi connectivity index (χ0) is 21.4. The molecule has 0 atom stereocenters. The molecule has 0 saturated carbocycles. The summed E-state index contributed by atoms with van der Waals surface area (Å²) in [5.74, 6) is 0.239. The molecule has 1 fully saturated rings. The Hall–Kier alpha value is -3.10. The molecule has 8 heteroatoms. The Morgan fingerprint density at radius 3 is 2.65 bits per heavy atom. The number of para-hydroxylation sites is 1. The summed E-state index contributed by atoms with van der Waals surface area (Å²) in [6.07, 6.45) is 0. The molecule has 31 heavy (non-hydrogen) atoms. The van der Waals surface area contributed by atoms with Crippen molar-refractivity contribution in [2.75, 3.05) is 32.1 Å². The number of morpholine rings is 1. The largest absolute Gasteiger partial charge is 0.378 e. The fourth-order valence-electron chi connectivity index (χ4n) is 3.79. The van der Waals surface area contributed by atoms with E-state index in [2.05, 4.69) is 4.98 Å². The van der Waals surface area contributed by atoms with Crippen LogP contribution < -0.4 is 5.56 Å². The monoisotopic (exact) mass is 434 g/mol. The summed E-state index contributed by atoms with van der Waals surface area (Å²) < 4.78 is 6.92. The Morgan fingerprint density at radius 1 is 1.13 bits per heavy atom. The van der Waals surface area contributed by atoms with E-state index in [-0.39, 0.29) is 17.2 Å². The lowest BCUT2D eigenvalue weighted by Crippen LogP contribution is -2.41. The van der Waals surface area contributed by atoms with Gasteiger partial charge in [-0.2, -0.15) is 0 Å². The van der Waals surface area contributed by atoms with Crippen molar-refractivity contribution < 1.29 is 9.53 Å². The minimum absolute atomic E-state index is 0.0250. The zero-order valence-electron chi connectivity index (χ0n) is 17.1. The van der Waals surface area contributed by atoms with E-state index in [1.54, 1.807) is 9.47 Å². The summed E-state index contributed by atoms with van der Waals surface area (Å²) in [6, 6.07) is 15.5. The molecule has 7 nitrogen and oxygen atoms in total. The number of nitrogens with one attached hydrogen (secondary N) is 1. The first-order valence-corrected chi connectivity index (χ1v) is 11.2. The van der Waals surface area contributed by atoms with E-state index in [0.29, 0.717) is 42.5 Å². The van der Waals surface area contributed by atoms with Gasteiger partial charge in [0.05, 0.1) is 24.7 Å². The molecule has 1 aliphatic heterocycles. The number of amides is 1. The minimum atomic E-state index is -0.175. The van der Waals surface area contributed by atoms with Gasteiger partial charge in [-0.25, -0.2) is 4.98 Å². The van der Waals surface area contributed by atoms with Crippen LogP contribution in [0.2, 0.25) is 0 Å². The number of aromatic amines is 1. The predicted molar refractivity (Wildman–Crippen MR) is 122 cm³/mol. The molecule has 0 bridgehead atoms. The van der Waals surface area contributed by atoms with E-state index >= 15 is 0 Å². The first-order valence-electron chi connectivity index (χ1n) is 10.2. The number of rotatable bonds is 4. The number of carbonyl (C=O) groups excluding carboxylic acids is 1. The number of H-pyrrole nitrogens is 1. The average molecular weight is 435 g/mol. The third-order valence-electron chi connectivity index (χ3n) is 5.48. The van der Waals surface area contributed by atoms with Gasteiger partial charge in [0.15, 0.2) is 5.16 Å². The van der Waals surface area contributed by atoms with E-state index in [9.17, 15) is 9.59 Å². The van der Waals surface area contributed by atoms with Crippen LogP contribution in [-0.4, -0.2) is 57.4 Å². The van der Waals surface area contributed by atoms with Crippen LogP contribution in [0.1, 0.15) is 5.56 Å². The molecule has 0 spiro atoms. The van der Waals surface area contributed by atoms with Gasteiger partial charge in [-0.15, -0.1) is 0 Å². The smallest absolute Gasteiger partial charge is 0.283 e. The van der Waals surface area contributed by atoms with Crippen LogP contribution in [0.5, 0.6) is 0 Å². The second-order valence-electron chi connectivity index (χ2n) is 7.55. The number of nitrogens with zero attached hydrogens (tertiary/aromatic N) is 3. The number of ether oxygens (including phenoxy) is 1. The molecule has 0 radical (unpaired) electrons. The van der Waals surface area contributed by atoms with Gasteiger partial charge in [-0.1, -0.05) is 47.7 Å². The van der Waals surface area contributed by atoms with E-state index in [0.717, 1.165) is 22.2 Å². The molecule has 5 rings (SSSR count). The summed E-state index contributed by atoms with van der Waals surface area (Å²) in [6.45, 7) is 4.31. The van der Waals surface area contributed by atoms with Crippen LogP contribution in [-0.2, 0) is 9.53 Å². The maximum atomic E-state index is 13.5. The summed E-state index contributed by atoms with van der Waals surface area (Å²) >= 11 is 1.29. The molecular weight excluding hydrogens is 412 g/mol. The highest BCUT2D eigenvalue weighted by Gasteiger charge is 2.21. The lowest BCUT2D eigenvalue weighted by atomic mass is 10.2. The van der Waals surface area contributed by atoms with Crippen LogP contribution in [0.25, 0.3) is 27.6 Å². The van der Waals surface area contributed by atoms with Crippen molar-refractivity contribution in [3.05, 3.63) is 64.4 Å². The van der Waals surface area contributed by atoms with E-state index in [1.807, 2.05) is 55.5 Å². The molecule has 1 saturated heterocycles. The lowest BCUT2D eigenvalue weighted by molar-refractivity contribution is -0.132. The second kappa shape index (κ2) is 8.20. The van der Waals surface area contributed by atoms with Crippen molar-refractivity contribution in [1.29, 1.82) is 0 Å². The Bertz CT molecular complexity index is 1320. The number of thioether (sulfide) groups is 1. The van der Waals surface area contributed by atoms with Crippen molar-refractivity contribution in [3.63, 3.8) is 0 Å². The highest BCUT2D eigenvalue weighted by molar-refractivity contribution is 7.99. The first-order chi connectivity index (χ1) is 15.1. The lowest BCUT2D eigenvalue weighted by Gasteiger charge is -2.26. The normalized spacial score (nSPS) is 14.4. The molecule has 0 aliphatic carbocycles. The number of hydrogen-bond acceptors (Lipinski definition) is 5. The molecule has 1 N–H and O–H groups in total. The number of aromatic nitrogens is 3. The van der Waals surface area contributed by atoms with Gasteiger partial charge in [0.25, 0.3) is 5.56 Å². The Morgan fingerprint density at radius 2 is 1.87 bits per heavy atom. The molecule has 2 aromatic carbocycles. The van der Waals surface area contributed by atoms with E-state index < -0.39 is 0 Å². The van der Waals surface area contributed by atoms with E-state index in [4.69, 9.17) is 9.72 Å². The Kier molecular flexibility index (Phi) is 5.25. The van der Waals surface area contributed by atoms with Gasteiger partial charge in [0.2, 0.25) is 5.91 Å². The Labute approximate surface area is 183 Å². The van der Waals surface area contributed by atoms with Gasteiger partial charge < -0.3 is 14.6 Å². The number of carbonyl (C=O) groups is 1. The SMILES string of the molecule is Cc1ccc(-n2c(SCC(=O)N3CCOCC3)nc3c([nH]c4ccccc43)c2=O)cc1. The van der Waals surface area contributed by atoms with Crippen LogP contribution >= 0.6 is 11.8 Å². The third kappa shape index (κ3) is 3.73. The van der Waals surface area contributed by atoms with Gasteiger partial charge in [0, 0.05) is 24.0 Å². The van der Waals surface area contributed by atoms with Crippen molar-refractivity contribution >= 4 is 39.6 Å². The first kappa shape index (κ1) is 19.8. The average Bonchev–Trinajstić information content (AvgIpc) is 3.18. The quantitative estimate of drug-likeness (QED) is 0.394. The molecule has 3 heterocycles. The number of benzene rings is 2. The summed E-state index contributed by atoms with van der Waals surface area (Å²) in [5.41, 5.74) is 3.62. The zero-order valence-corrected chi connectivity index (χ0v) is 17.9. The van der Waals surface area contributed by atoms with Crippen LogP contribution in [0.4, 0.5) is 0 Å². The van der Waals surface area contributed by atoms with Gasteiger partial charge in [0.1, 0.15) is 11.0 Å². The van der Waals surface area contributed by atoms with Gasteiger partial charge >= 0.3 is 0 Å².